The molecule has 0 aliphatic rings. The van der Waals surface area contributed by atoms with Gasteiger partial charge in [0, 0.05) is 28.2 Å². The summed E-state index contributed by atoms with van der Waals surface area (Å²) >= 11 is 6.20. The largest absolute Gasteiger partial charge is 0.464 e. The zero-order chi connectivity index (χ0) is 23.5. The highest BCUT2D eigenvalue weighted by Crippen LogP contribution is 2.25. The number of carbonyl (C=O) groups excluding carboxylic acids is 2. The second kappa shape index (κ2) is 9.26. The number of methoxy groups -OCH3 is 1. The summed E-state index contributed by atoms with van der Waals surface area (Å²) in [4.78, 5) is 38.9. The lowest BCUT2D eigenvalue weighted by Crippen LogP contribution is -2.31. The van der Waals surface area contributed by atoms with Gasteiger partial charge in [0.25, 0.3) is 5.91 Å². The molecule has 3 aromatic carbocycles. The summed E-state index contributed by atoms with van der Waals surface area (Å²) in [5.41, 5.74) is 0.648. The van der Waals surface area contributed by atoms with Crippen LogP contribution in [-0.2, 0) is 11.3 Å². The fraction of sp³-hybridized carbons (Fsp3) is 0.0800. The molecule has 1 amide bonds. The van der Waals surface area contributed by atoms with Crippen LogP contribution in [0.15, 0.2) is 77.6 Å². The molecule has 166 valence electrons. The Hall–Kier alpha value is -3.97. The molecule has 6 nitrogen and oxygen atoms in total. The maximum Gasteiger partial charge on any atom is 0.355 e. The van der Waals surface area contributed by atoms with E-state index in [1.165, 1.54) is 25.3 Å². The predicted molar refractivity (Wildman–Crippen MR) is 123 cm³/mol. The van der Waals surface area contributed by atoms with Crippen LogP contribution in [0.4, 0.5) is 4.39 Å². The van der Waals surface area contributed by atoms with E-state index in [-0.39, 0.29) is 23.4 Å². The monoisotopic (exact) mass is 464 g/mol. The SMILES string of the molecule is COC(=O)c1c(CNC(=O)c2cccc(F)c2)c(=O)c2ccc(Cl)cc2n1-c1ccccc1. The Morgan fingerprint density at radius 2 is 1.79 bits per heavy atom. The highest BCUT2D eigenvalue weighted by molar-refractivity contribution is 6.31. The van der Waals surface area contributed by atoms with Crippen LogP contribution in [0.25, 0.3) is 16.6 Å². The van der Waals surface area contributed by atoms with Gasteiger partial charge in [-0.1, -0.05) is 35.9 Å². The molecule has 0 aliphatic carbocycles. The molecular weight excluding hydrogens is 447 g/mol. The molecule has 0 saturated heterocycles. The number of hydrogen-bond donors (Lipinski definition) is 1. The molecule has 0 spiro atoms. The zero-order valence-electron chi connectivity index (χ0n) is 17.5. The number of aromatic nitrogens is 1. The van der Waals surface area contributed by atoms with Crippen molar-refractivity contribution in [2.45, 2.75) is 6.54 Å². The van der Waals surface area contributed by atoms with Gasteiger partial charge in [-0.3, -0.25) is 9.59 Å². The van der Waals surface area contributed by atoms with Gasteiger partial charge in [0.15, 0.2) is 5.43 Å². The molecule has 1 heterocycles. The second-order valence-corrected chi connectivity index (χ2v) is 7.61. The molecule has 0 saturated carbocycles. The molecule has 1 N–H and O–H groups in total. The first-order valence-electron chi connectivity index (χ1n) is 9.95. The molecule has 4 aromatic rings. The summed E-state index contributed by atoms with van der Waals surface area (Å²) in [6.07, 6.45) is 0. The number of ether oxygens (including phenoxy) is 1. The second-order valence-electron chi connectivity index (χ2n) is 7.17. The number of carbonyl (C=O) groups is 2. The molecule has 8 heteroatoms. The molecule has 4 rings (SSSR count). The number of pyridine rings is 1. The molecule has 0 atom stereocenters. The minimum absolute atomic E-state index is 0.0327. The number of hydrogen-bond acceptors (Lipinski definition) is 4. The lowest BCUT2D eigenvalue weighted by molar-refractivity contribution is 0.0589. The van der Waals surface area contributed by atoms with Crippen molar-refractivity contribution >= 4 is 34.4 Å². The van der Waals surface area contributed by atoms with Gasteiger partial charge < -0.3 is 14.6 Å². The van der Waals surface area contributed by atoms with Gasteiger partial charge in [0.2, 0.25) is 0 Å². The van der Waals surface area contributed by atoms with Crippen LogP contribution in [-0.4, -0.2) is 23.6 Å². The summed E-state index contributed by atoms with van der Waals surface area (Å²) in [5, 5.41) is 3.30. The van der Waals surface area contributed by atoms with Gasteiger partial charge in [0.1, 0.15) is 11.5 Å². The van der Waals surface area contributed by atoms with Crippen LogP contribution in [0, 0.1) is 5.82 Å². The average Bonchev–Trinajstić information content (AvgIpc) is 2.83. The fourth-order valence-electron chi connectivity index (χ4n) is 3.63. The van der Waals surface area contributed by atoms with Crippen molar-refractivity contribution in [3.05, 3.63) is 111 Å². The number of amides is 1. The highest BCUT2D eigenvalue weighted by Gasteiger charge is 2.24. The maximum atomic E-state index is 13.5. The van der Waals surface area contributed by atoms with Gasteiger partial charge in [-0.2, -0.15) is 0 Å². The molecule has 0 aliphatic heterocycles. The predicted octanol–water partition coefficient (Wildman–Crippen LogP) is 4.50. The lowest BCUT2D eigenvalue weighted by atomic mass is 10.1. The standard InChI is InChI=1S/C25H18ClFN2O4/c1-33-25(32)22-20(14-28-24(31)15-6-5-7-17(27)12-15)23(30)19-11-10-16(26)13-21(19)29(22)18-8-3-2-4-9-18/h2-13H,14H2,1H3,(H,28,31). The van der Waals surface area contributed by atoms with E-state index in [1.54, 1.807) is 47.0 Å². The van der Waals surface area contributed by atoms with Crippen molar-refractivity contribution in [3.8, 4) is 5.69 Å². The van der Waals surface area contributed by atoms with Gasteiger partial charge in [0.05, 0.1) is 18.2 Å². The first kappa shape index (κ1) is 22.2. The van der Waals surface area contributed by atoms with Crippen molar-refractivity contribution in [3.63, 3.8) is 0 Å². The van der Waals surface area contributed by atoms with Crippen LogP contribution < -0.4 is 10.7 Å². The Kier molecular flexibility index (Phi) is 6.24. The first-order valence-corrected chi connectivity index (χ1v) is 10.3. The number of rotatable bonds is 5. The van der Waals surface area contributed by atoms with E-state index in [0.29, 0.717) is 21.6 Å². The summed E-state index contributed by atoms with van der Waals surface area (Å²) in [6, 6.07) is 18.8. The minimum Gasteiger partial charge on any atom is -0.464 e. The first-order chi connectivity index (χ1) is 15.9. The molecule has 0 bridgehead atoms. The molecule has 0 fully saturated rings. The van der Waals surface area contributed by atoms with Gasteiger partial charge in [-0.15, -0.1) is 0 Å². The number of benzene rings is 3. The average molecular weight is 465 g/mol. The van der Waals surface area contributed by atoms with E-state index in [4.69, 9.17) is 16.3 Å². The third-order valence-corrected chi connectivity index (χ3v) is 5.37. The van der Waals surface area contributed by atoms with E-state index in [9.17, 15) is 18.8 Å². The number of para-hydroxylation sites is 1. The van der Waals surface area contributed by atoms with Crippen molar-refractivity contribution in [1.29, 1.82) is 0 Å². The van der Waals surface area contributed by atoms with E-state index in [0.717, 1.165) is 6.07 Å². The molecular formula is C25H18ClFN2O4. The van der Waals surface area contributed by atoms with Crippen LogP contribution in [0.1, 0.15) is 26.4 Å². The summed E-state index contributed by atoms with van der Waals surface area (Å²) in [5.74, 6) is -1.91. The summed E-state index contributed by atoms with van der Waals surface area (Å²) < 4.78 is 20.1. The molecule has 0 radical (unpaired) electrons. The van der Waals surface area contributed by atoms with Crippen LogP contribution in [0.2, 0.25) is 5.02 Å². The van der Waals surface area contributed by atoms with Crippen molar-refractivity contribution in [1.82, 2.24) is 9.88 Å². The fourth-order valence-corrected chi connectivity index (χ4v) is 3.79. The van der Waals surface area contributed by atoms with E-state index >= 15 is 0 Å². The zero-order valence-corrected chi connectivity index (χ0v) is 18.2. The van der Waals surface area contributed by atoms with E-state index < -0.39 is 23.1 Å². The summed E-state index contributed by atoms with van der Waals surface area (Å²) in [6.45, 7) is -0.274. The van der Waals surface area contributed by atoms with E-state index in [1.807, 2.05) is 6.07 Å². The Bertz CT molecular complexity index is 1430. The topological polar surface area (TPSA) is 77.4 Å². The maximum absolute atomic E-state index is 13.5. The van der Waals surface area contributed by atoms with Crippen LogP contribution in [0.3, 0.4) is 0 Å². The van der Waals surface area contributed by atoms with Crippen molar-refractivity contribution in [2.24, 2.45) is 0 Å². The van der Waals surface area contributed by atoms with Crippen LogP contribution >= 0.6 is 11.6 Å². The van der Waals surface area contributed by atoms with Gasteiger partial charge >= 0.3 is 5.97 Å². The molecule has 1 aromatic heterocycles. The number of fused-ring (bicyclic) bond motifs is 1. The number of nitrogens with one attached hydrogen (secondary N) is 1. The van der Waals surface area contributed by atoms with E-state index in [2.05, 4.69) is 5.32 Å². The highest BCUT2D eigenvalue weighted by atomic mass is 35.5. The third kappa shape index (κ3) is 4.36. The third-order valence-electron chi connectivity index (χ3n) is 5.13. The summed E-state index contributed by atoms with van der Waals surface area (Å²) in [7, 11) is 1.21. The molecule has 0 unspecified atom stereocenters. The Balaban J connectivity index is 1.93. The van der Waals surface area contributed by atoms with Crippen LogP contribution in [0.5, 0.6) is 0 Å². The Labute approximate surface area is 193 Å². The lowest BCUT2D eigenvalue weighted by Gasteiger charge is -2.19. The van der Waals surface area contributed by atoms with Gasteiger partial charge in [-0.25, -0.2) is 9.18 Å². The molecule has 33 heavy (non-hydrogen) atoms. The minimum atomic E-state index is -0.757. The smallest absolute Gasteiger partial charge is 0.355 e. The van der Waals surface area contributed by atoms with Crippen molar-refractivity contribution in [2.75, 3.05) is 7.11 Å². The number of nitrogens with zero attached hydrogens (tertiary/aromatic N) is 1. The van der Waals surface area contributed by atoms with Crippen molar-refractivity contribution < 1.29 is 18.7 Å². The normalized spacial score (nSPS) is 10.8. The van der Waals surface area contributed by atoms with Gasteiger partial charge in [-0.05, 0) is 48.5 Å². The quantitative estimate of drug-likeness (QED) is 0.441. The number of halogens is 2. The number of esters is 1. The Morgan fingerprint density at radius 1 is 1.03 bits per heavy atom. The Morgan fingerprint density at radius 3 is 2.48 bits per heavy atom.